The number of likely N-dealkylation sites (tertiary alicyclic amines) is 1. The predicted molar refractivity (Wildman–Crippen MR) is 164 cm³/mol. The van der Waals surface area contributed by atoms with E-state index in [9.17, 15) is 9.59 Å². The fraction of sp³-hybridized carbons (Fsp3) is 0.588. The Labute approximate surface area is 250 Å². The molecule has 5 N–H and O–H groups in total. The second kappa shape index (κ2) is 14.6. The molecule has 3 aliphatic rings. The first-order chi connectivity index (χ1) is 20.4. The number of rotatable bonds is 8. The lowest BCUT2D eigenvalue weighted by Gasteiger charge is -2.29. The highest BCUT2D eigenvalue weighted by atomic mass is 19.1. The van der Waals surface area contributed by atoms with Crippen LogP contribution in [0.1, 0.15) is 101 Å². The second-order valence-corrected chi connectivity index (χ2v) is 12.6. The minimum Gasteiger partial charge on any atom is -0.349 e. The van der Waals surface area contributed by atoms with E-state index in [0.717, 1.165) is 31.2 Å². The van der Waals surface area contributed by atoms with Crippen LogP contribution in [0, 0.1) is 11.7 Å². The highest BCUT2D eigenvalue weighted by Gasteiger charge is 2.42. The maximum atomic E-state index is 15.0. The van der Waals surface area contributed by atoms with Gasteiger partial charge in [0.25, 0.3) is 0 Å². The quantitative estimate of drug-likeness (QED) is 0.350. The molecule has 42 heavy (non-hydrogen) atoms. The topological polar surface area (TPSA) is 99.5 Å². The fourth-order valence-electron chi connectivity index (χ4n) is 7.28. The molecule has 0 bridgehead atoms. The zero-order valence-electron chi connectivity index (χ0n) is 24.9. The maximum Gasteiger partial charge on any atom is 0.237 e. The Morgan fingerprint density at radius 1 is 0.929 bits per heavy atom. The molecule has 6 atom stereocenters. The van der Waals surface area contributed by atoms with Crippen LogP contribution >= 0.6 is 0 Å². The van der Waals surface area contributed by atoms with Gasteiger partial charge in [-0.1, -0.05) is 87.1 Å². The van der Waals surface area contributed by atoms with E-state index in [2.05, 4.69) is 16.0 Å². The van der Waals surface area contributed by atoms with E-state index < -0.39 is 6.04 Å². The Hall–Kier alpha value is -2.81. The highest BCUT2D eigenvalue weighted by Crippen LogP contribution is 2.35. The molecule has 5 rings (SSSR count). The number of halogens is 1. The Kier molecular flexibility index (Phi) is 10.6. The van der Waals surface area contributed by atoms with Gasteiger partial charge in [0.1, 0.15) is 5.82 Å². The molecule has 3 unspecified atom stereocenters. The minimum absolute atomic E-state index is 0.0318. The van der Waals surface area contributed by atoms with Gasteiger partial charge < -0.3 is 16.0 Å². The van der Waals surface area contributed by atoms with Crippen molar-refractivity contribution in [2.75, 3.05) is 6.54 Å². The predicted octanol–water partition coefficient (Wildman–Crippen LogP) is 5.09. The Morgan fingerprint density at radius 2 is 1.60 bits per heavy atom. The average molecular weight is 578 g/mol. The van der Waals surface area contributed by atoms with Crippen molar-refractivity contribution in [3.8, 4) is 0 Å². The van der Waals surface area contributed by atoms with Gasteiger partial charge in [-0.15, -0.1) is 0 Å². The summed E-state index contributed by atoms with van der Waals surface area (Å²) in [5.74, 6) is -0.221. The van der Waals surface area contributed by atoms with Crippen molar-refractivity contribution in [3.63, 3.8) is 0 Å². The molecule has 8 heteroatoms. The van der Waals surface area contributed by atoms with Crippen molar-refractivity contribution in [2.24, 2.45) is 11.7 Å². The van der Waals surface area contributed by atoms with Crippen molar-refractivity contribution in [3.05, 3.63) is 71.5 Å². The maximum absolute atomic E-state index is 15.0. The molecule has 0 aromatic heterocycles. The summed E-state index contributed by atoms with van der Waals surface area (Å²) >= 11 is 0. The van der Waals surface area contributed by atoms with Crippen molar-refractivity contribution >= 4 is 11.8 Å². The van der Waals surface area contributed by atoms with E-state index in [4.69, 9.17) is 5.73 Å². The lowest BCUT2D eigenvalue weighted by molar-refractivity contribution is -0.135. The van der Waals surface area contributed by atoms with Crippen LogP contribution in [0.2, 0.25) is 0 Å². The molecular weight excluding hydrogens is 529 g/mol. The Morgan fingerprint density at radius 3 is 2.31 bits per heavy atom. The van der Waals surface area contributed by atoms with Crippen LogP contribution in [0.5, 0.6) is 0 Å². The lowest BCUT2D eigenvalue weighted by atomic mass is 9.84. The van der Waals surface area contributed by atoms with Crippen LogP contribution in [-0.2, 0) is 9.59 Å². The number of hydrogen-bond acceptors (Lipinski definition) is 5. The van der Waals surface area contributed by atoms with Crippen LogP contribution in [0.15, 0.2) is 54.6 Å². The number of benzene rings is 2. The summed E-state index contributed by atoms with van der Waals surface area (Å²) in [6.07, 6.45) is 11.3. The van der Waals surface area contributed by atoms with E-state index in [1.807, 2.05) is 54.3 Å². The molecule has 1 aliphatic carbocycles. The normalized spacial score (nSPS) is 27.1. The molecule has 2 aromatic carbocycles. The summed E-state index contributed by atoms with van der Waals surface area (Å²) in [5, 5.41) is 10.4. The lowest BCUT2D eigenvalue weighted by Crippen LogP contribution is -2.55. The average Bonchev–Trinajstić information content (AvgIpc) is 3.68. The molecule has 0 spiro atoms. The van der Waals surface area contributed by atoms with Crippen molar-refractivity contribution < 1.29 is 14.0 Å². The first-order valence-electron chi connectivity index (χ1n) is 16.1. The van der Waals surface area contributed by atoms with Crippen molar-refractivity contribution in [2.45, 2.75) is 114 Å². The number of amides is 2. The minimum atomic E-state index is -0.939. The summed E-state index contributed by atoms with van der Waals surface area (Å²) in [6, 6.07) is 15.7. The standard InChI is InChI=1S/C34H48FN5O2/c1-23(37-34(42)28(36)22-30(41)40-21-13-20-29(40)24-14-9-6-10-15-24)33-38-31(25-16-7-4-2-3-5-8-17-25)32(39-33)26-18-11-12-19-27(26)35/h6,9-12,14-15,18-19,23,25,28-29,31-33,38-39H,2-5,7-8,13,16-17,20-22,36H2,1H3,(H,37,42)/t23-,28-,29+,31?,32?,33?/m0/s1. The van der Waals surface area contributed by atoms with E-state index in [-0.39, 0.29) is 54.4 Å². The number of nitrogens with one attached hydrogen (secondary N) is 3. The van der Waals surface area contributed by atoms with E-state index in [0.29, 0.717) is 18.0 Å². The Balaban J connectivity index is 1.22. The second-order valence-electron chi connectivity index (χ2n) is 12.6. The zero-order chi connectivity index (χ0) is 29.5. The van der Waals surface area contributed by atoms with Gasteiger partial charge in [0.15, 0.2) is 0 Å². The summed E-state index contributed by atoms with van der Waals surface area (Å²) < 4.78 is 15.0. The molecule has 2 heterocycles. The van der Waals surface area contributed by atoms with Gasteiger partial charge in [0.05, 0.1) is 36.8 Å². The van der Waals surface area contributed by atoms with Crippen LogP contribution in [0.3, 0.4) is 0 Å². The van der Waals surface area contributed by atoms with E-state index in [1.165, 1.54) is 44.6 Å². The number of carbonyl (C=O) groups is 2. The summed E-state index contributed by atoms with van der Waals surface area (Å²) in [6.45, 7) is 2.62. The first kappa shape index (κ1) is 30.6. The van der Waals surface area contributed by atoms with E-state index in [1.54, 1.807) is 6.07 Å². The van der Waals surface area contributed by atoms with Gasteiger partial charge in [-0.05, 0) is 50.2 Å². The molecule has 2 aliphatic heterocycles. The fourth-order valence-corrected chi connectivity index (χ4v) is 7.28. The van der Waals surface area contributed by atoms with Crippen LogP contribution in [0.25, 0.3) is 0 Å². The highest BCUT2D eigenvalue weighted by molar-refractivity contribution is 5.88. The first-order valence-corrected chi connectivity index (χ1v) is 16.1. The molecule has 2 amide bonds. The third-order valence-corrected chi connectivity index (χ3v) is 9.60. The van der Waals surface area contributed by atoms with Gasteiger partial charge >= 0.3 is 0 Å². The van der Waals surface area contributed by atoms with Crippen molar-refractivity contribution in [1.82, 2.24) is 20.9 Å². The summed E-state index contributed by atoms with van der Waals surface area (Å²) in [4.78, 5) is 28.3. The number of carbonyl (C=O) groups excluding carboxylic acids is 2. The molecule has 0 radical (unpaired) electrons. The number of nitrogens with zero attached hydrogens (tertiary/aromatic N) is 1. The monoisotopic (exact) mass is 577 g/mol. The number of hydrogen-bond donors (Lipinski definition) is 4. The largest absolute Gasteiger partial charge is 0.349 e. The SMILES string of the molecule is C[C@H](NC(=O)[C@@H](N)CC(=O)N1CCC[C@@H]1c1ccccc1)C1NC(c2ccccc2F)C(C2CCCCCCCC2)N1. The van der Waals surface area contributed by atoms with Crippen molar-refractivity contribution in [1.29, 1.82) is 0 Å². The third-order valence-electron chi connectivity index (χ3n) is 9.60. The molecule has 3 fully saturated rings. The molecular formula is C34H48FN5O2. The third kappa shape index (κ3) is 7.39. The van der Waals surface area contributed by atoms with Crippen LogP contribution in [0.4, 0.5) is 4.39 Å². The van der Waals surface area contributed by atoms with Crippen LogP contribution in [-0.4, -0.2) is 47.6 Å². The summed E-state index contributed by atoms with van der Waals surface area (Å²) in [7, 11) is 0. The Bertz CT molecular complexity index is 1170. The van der Waals surface area contributed by atoms with Gasteiger partial charge in [0.2, 0.25) is 11.8 Å². The molecule has 228 valence electrons. The zero-order valence-corrected chi connectivity index (χ0v) is 24.9. The van der Waals surface area contributed by atoms with E-state index >= 15 is 4.39 Å². The molecule has 2 saturated heterocycles. The number of nitrogens with two attached hydrogens (primary N) is 1. The van der Waals surface area contributed by atoms with Gasteiger partial charge in [-0.3, -0.25) is 20.2 Å². The molecule has 2 aromatic rings. The van der Waals surface area contributed by atoms with Gasteiger partial charge in [-0.25, -0.2) is 4.39 Å². The summed E-state index contributed by atoms with van der Waals surface area (Å²) in [5.41, 5.74) is 8.08. The molecule has 1 saturated carbocycles. The smallest absolute Gasteiger partial charge is 0.237 e. The van der Waals surface area contributed by atoms with Gasteiger partial charge in [0, 0.05) is 18.2 Å². The van der Waals surface area contributed by atoms with Gasteiger partial charge in [-0.2, -0.15) is 0 Å². The molecule has 7 nitrogen and oxygen atoms in total. The van der Waals surface area contributed by atoms with Crippen LogP contribution < -0.4 is 21.7 Å².